The molecule has 1 aromatic heterocycles. The van der Waals surface area contributed by atoms with Crippen LogP contribution in [0.2, 0.25) is 0 Å². The molecule has 0 radical (unpaired) electrons. The van der Waals surface area contributed by atoms with Crippen molar-refractivity contribution in [2.45, 2.75) is 18.4 Å². The van der Waals surface area contributed by atoms with Crippen LogP contribution in [0.3, 0.4) is 0 Å². The number of hydrogen-bond acceptors (Lipinski definition) is 6. The maximum atomic E-state index is 13.5. The second-order valence-corrected chi connectivity index (χ2v) is 6.46. The summed E-state index contributed by atoms with van der Waals surface area (Å²) in [6, 6.07) is 4.21. The molecule has 1 amide bonds. The molecule has 1 aliphatic heterocycles. The summed E-state index contributed by atoms with van der Waals surface area (Å²) >= 11 is 1.25. The van der Waals surface area contributed by atoms with Crippen molar-refractivity contribution in [3.63, 3.8) is 0 Å². The molecule has 1 aromatic carbocycles. The highest BCUT2D eigenvalue weighted by molar-refractivity contribution is 7.14. The first-order valence-corrected chi connectivity index (χ1v) is 8.37. The van der Waals surface area contributed by atoms with Gasteiger partial charge in [-0.05, 0) is 31.0 Å². The van der Waals surface area contributed by atoms with Gasteiger partial charge in [-0.1, -0.05) is 0 Å². The molecule has 9 heteroatoms. The first kappa shape index (κ1) is 19.6. The molecule has 1 aliphatic rings. The second-order valence-electron chi connectivity index (χ2n) is 5.61. The molecular weight excluding hydrogens is 369 g/mol. The summed E-state index contributed by atoms with van der Waals surface area (Å²) in [4.78, 5) is 16.8. The van der Waals surface area contributed by atoms with E-state index in [4.69, 9.17) is 15.2 Å². The van der Waals surface area contributed by atoms with Crippen LogP contribution < -0.4 is 15.8 Å². The van der Waals surface area contributed by atoms with E-state index in [1.165, 1.54) is 30.6 Å². The predicted molar refractivity (Wildman–Crippen MR) is 96.9 cm³/mol. The molecule has 3 rings (SSSR count). The summed E-state index contributed by atoms with van der Waals surface area (Å²) in [6.07, 6.45) is 0.934. The van der Waals surface area contributed by atoms with E-state index in [9.17, 15) is 9.18 Å². The summed E-state index contributed by atoms with van der Waals surface area (Å²) in [5.41, 5.74) is 6.27. The number of nitrogens with one attached hydrogen (secondary N) is 1. The molecule has 0 spiro atoms. The van der Waals surface area contributed by atoms with Gasteiger partial charge in [0.1, 0.15) is 17.1 Å². The van der Waals surface area contributed by atoms with Crippen LogP contribution >= 0.6 is 23.7 Å². The van der Waals surface area contributed by atoms with E-state index in [0.717, 1.165) is 0 Å². The Balaban J connectivity index is 0.00000225. The molecule has 0 unspecified atom stereocenters. The Bertz CT molecular complexity index is 750. The number of aromatic nitrogens is 1. The lowest BCUT2D eigenvalue weighted by Crippen LogP contribution is -2.54. The van der Waals surface area contributed by atoms with Crippen molar-refractivity contribution in [1.29, 1.82) is 0 Å². The van der Waals surface area contributed by atoms with Crippen molar-refractivity contribution in [2.75, 3.05) is 25.6 Å². The number of anilines is 1. The van der Waals surface area contributed by atoms with Crippen LogP contribution in [0.15, 0.2) is 23.6 Å². The number of ether oxygens (including phenoxy) is 2. The van der Waals surface area contributed by atoms with E-state index in [-0.39, 0.29) is 24.1 Å². The van der Waals surface area contributed by atoms with E-state index in [1.54, 1.807) is 11.4 Å². The number of halogens is 2. The molecule has 0 saturated carbocycles. The van der Waals surface area contributed by atoms with Gasteiger partial charge in [0, 0.05) is 24.2 Å². The molecule has 0 aliphatic carbocycles. The smallest absolute Gasteiger partial charge is 0.246 e. The number of thiazole rings is 1. The minimum absolute atomic E-state index is 0. The van der Waals surface area contributed by atoms with Crippen LogP contribution in [0.4, 0.5) is 9.52 Å². The fourth-order valence-corrected chi connectivity index (χ4v) is 3.23. The number of rotatable bonds is 4. The average molecular weight is 388 g/mol. The van der Waals surface area contributed by atoms with Crippen molar-refractivity contribution in [1.82, 2.24) is 4.98 Å². The molecule has 1 saturated heterocycles. The highest BCUT2D eigenvalue weighted by Gasteiger charge is 2.36. The summed E-state index contributed by atoms with van der Waals surface area (Å²) in [6.45, 7) is 0.932. The van der Waals surface area contributed by atoms with Crippen LogP contribution in [-0.2, 0) is 9.53 Å². The third-order valence-electron chi connectivity index (χ3n) is 4.00. The number of methoxy groups -OCH3 is 1. The number of carbonyl (C=O) groups excluding carboxylic acids is 1. The van der Waals surface area contributed by atoms with Crippen molar-refractivity contribution < 1.29 is 18.7 Å². The van der Waals surface area contributed by atoms with Gasteiger partial charge in [0.2, 0.25) is 5.91 Å². The third-order valence-corrected chi connectivity index (χ3v) is 4.76. The molecular formula is C16H19ClFN3O3S. The molecule has 3 N–H and O–H groups in total. The lowest BCUT2D eigenvalue weighted by Gasteiger charge is -2.31. The van der Waals surface area contributed by atoms with Crippen LogP contribution in [-0.4, -0.2) is 36.8 Å². The summed E-state index contributed by atoms with van der Waals surface area (Å²) in [7, 11) is 1.51. The van der Waals surface area contributed by atoms with Gasteiger partial charge >= 0.3 is 0 Å². The standard InChI is InChI=1S/C16H18FN3O3S.ClH/c1-22-13-3-2-10(17)8-11(13)12-9-24-15(19-12)20-14(21)16(18)4-6-23-7-5-16;/h2-3,8-9H,4-7,18H2,1H3,(H,19,20,21);1H. The third kappa shape index (κ3) is 4.27. The summed E-state index contributed by atoms with van der Waals surface area (Å²) < 4.78 is 24.0. The van der Waals surface area contributed by atoms with E-state index < -0.39 is 5.54 Å². The van der Waals surface area contributed by atoms with Gasteiger partial charge in [0.05, 0.1) is 12.8 Å². The lowest BCUT2D eigenvalue weighted by atomic mass is 9.90. The van der Waals surface area contributed by atoms with Crippen molar-refractivity contribution in [3.8, 4) is 17.0 Å². The molecule has 0 atom stereocenters. The molecule has 6 nitrogen and oxygen atoms in total. The van der Waals surface area contributed by atoms with Crippen molar-refractivity contribution in [3.05, 3.63) is 29.4 Å². The lowest BCUT2D eigenvalue weighted by molar-refractivity contribution is -0.124. The first-order valence-electron chi connectivity index (χ1n) is 7.49. The Kier molecular flexibility index (Phi) is 6.34. The second kappa shape index (κ2) is 8.09. The number of nitrogens with zero attached hydrogens (tertiary/aromatic N) is 1. The van der Waals surface area contributed by atoms with Gasteiger partial charge in [-0.2, -0.15) is 0 Å². The van der Waals surface area contributed by atoms with E-state index in [2.05, 4.69) is 10.3 Å². The fourth-order valence-electron chi connectivity index (χ4n) is 2.52. The number of carbonyl (C=O) groups is 1. The SMILES string of the molecule is COc1ccc(F)cc1-c1csc(NC(=O)C2(N)CCOCC2)n1.Cl. The van der Waals surface area contributed by atoms with Gasteiger partial charge in [0.15, 0.2) is 5.13 Å². The van der Waals surface area contributed by atoms with Gasteiger partial charge in [-0.25, -0.2) is 9.37 Å². The Hall–Kier alpha value is -1.74. The van der Waals surface area contributed by atoms with Crippen LogP contribution in [0.5, 0.6) is 5.75 Å². The zero-order valence-corrected chi connectivity index (χ0v) is 15.2. The number of hydrogen-bond donors (Lipinski definition) is 2. The largest absolute Gasteiger partial charge is 0.496 e. The maximum Gasteiger partial charge on any atom is 0.246 e. The normalized spacial score (nSPS) is 16.0. The summed E-state index contributed by atoms with van der Waals surface area (Å²) in [5, 5.41) is 4.90. The molecule has 136 valence electrons. The highest BCUT2D eigenvalue weighted by atomic mass is 35.5. The average Bonchev–Trinajstić information content (AvgIpc) is 3.04. The topological polar surface area (TPSA) is 86.5 Å². The quantitative estimate of drug-likeness (QED) is 0.842. The highest BCUT2D eigenvalue weighted by Crippen LogP contribution is 2.33. The van der Waals surface area contributed by atoms with Gasteiger partial charge < -0.3 is 20.5 Å². The molecule has 0 bridgehead atoms. The molecule has 1 fully saturated rings. The van der Waals surface area contributed by atoms with Gasteiger partial charge in [-0.15, -0.1) is 23.7 Å². The predicted octanol–water partition coefficient (Wildman–Crippen LogP) is 2.83. The van der Waals surface area contributed by atoms with Gasteiger partial charge in [0.25, 0.3) is 0 Å². The summed E-state index contributed by atoms with van der Waals surface area (Å²) in [5.74, 6) is -0.148. The Morgan fingerprint density at radius 3 is 2.84 bits per heavy atom. The Morgan fingerprint density at radius 1 is 1.44 bits per heavy atom. The number of benzene rings is 1. The maximum absolute atomic E-state index is 13.5. The number of nitrogens with two attached hydrogens (primary N) is 1. The minimum Gasteiger partial charge on any atom is -0.496 e. The van der Waals surface area contributed by atoms with Gasteiger partial charge in [-0.3, -0.25) is 4.79 Å². The monoisotopic (exact) mass is 387 g/mol. The zero-order chi connectivity index (χ0) is 17.2. The molecule has 2 aromatic rings. The van der Waals surface area contributed by atoms with Crippen LogP contribution in [0.25, 0.3) is 11.3 Å². The van der Waals surface area contributed by atoms with E-state index in [0.29, 0.717) is 48.2 Å². The minimum atomic E-state index is -0.944. The van der Waals surface area contributed by atoms with Crippen LogP contribution in [0.1, 0.15) is 12.8 Å². The first-order chi connectivity index (χ1) is 11.5. The van der Waals surface area contributed by atoms with Crippen molar-refractivity contribution >= 4 is 34.8 Å². The fraction of sp³-hybridized carbons (Fsp3) is 0.375. The zero-order valence-electron chi connectivity index (χ0n) is 13.6. The Morgan fingerprint density at radius 2 is 2.16 bits per heavy atom. The number of amides is 1. The molecule has 2 heterocycles. The van der Waals surface area contributed by atoms with Crippen LogP contribution in [0, 0.1) is 5.82 Å². The Labute approximate surface area is 154 Å². The molecule has 25 heavy (non-hydrogen) atoms. The van der Waals surface area contributed by atoms with E-state index in [1.807, 2.05) is 0 Å². The van der Waals surface area contributed by atoms with E-state index >= 15 is 0 Å². The van der Waals surface area contributed by atoms with Crippen molar-refractivity contribution in [2.24, 2.45) is 5.73 Å².